The predicted molar refractivity (Wildman–Crippen MR) is 161 cm³/mol. The maximum absolute atomic E-state index is 11.6. The van der Waals surface area contributed by atoms with Crippen molar-refractivity contribution in [3.05, 3.63) is 12.3 Å². The molecule has 0 aliphatic carbocycles. The van der Waals surface area contributed by atoms with Gasteiger partial charge in [0.15, 0.2) is 0 Å². The second-order valence-electron chi connectivity index (χ2n) is 12.3. The zero-order valence-electron chi connectivity index (χ0n) is 26.2. The number of unbranched alkanes of at least 4 members (excludes halogenated alkanes) is 17. The first-order valence-corrected chi connectivity index (χ1v) is 16.2. The molecule has 234 valence electrons. The van der Waals surface area contributed by atoms with Crippen molar-refractivity contribution < 1.29 is 34.2 Å². The second-order valence-corrected chi connectivity index (χ2v) is 12.3. The Kier molecular flexibility index (Phi) is 22.7. The van der Waals surface area contributed by atoms with Crippen molar-refractivity contribution >= 4 is 17.9 Å². The van der Waals surface area contributed by atoms with Crippen molar-refractivity contribution in [3.8, 4) is 0 Å². The minimum atomic E-state index is -1.21. The molecule has 0 spiro atoms. The van der Waals surface area contributed by atoms with E-state index in [9.17, 15) is 29.7 Å². The molecule has 0 aromatic heterocycles. The third-order valence-electron chi connectivity index (χ3n) is 8.05. The Balaban J connectivity index is 4.38. The zero-order valence-corrected chi connectivity index (χ0v) is 26.2. The summed E-state index contributed by atoms with van der Waals surface area (Å²) in [4.78, 5) is 34.7. The first-order valence-electron chi connectivity index (χ1n) is 16.2. The number of carbonyl (C=O) groups excluding carboxylic acids is 1. The van der Waals surface area contributed by atoms with Gasteiger partial charge in [-0.1, -0.05) is 117 Å². The number of allylic oxidation sites excluding steroid dienone is 1. The fourth-order valence-electron chi connectivity index (χ4n) is 5.56. The molecular formula is C33H61NO6. The van der Waals surface area contributed by atoms with Gasteiger partial charge in [0.1, 0.15) is 11.8 Å². The van der Waals surface area contributed by atoms with Crippen LogP contribution in [0.15, 0.2) is 12.3 Å². The Labute approximate surface area is 245 Å². The first kappa shape index (κ1) is 38.1. The average Bonchev–Trinajstić information content (AvgIpc) is 2.89. The molecule has 0 rings (SSSR count). The summed E-state index contributed by atoms with van der Waals surface area (Å²) in [7, 11) is 0. The Hall–Kier alpha value is -1.89. The van der Waals surface area contributed by atoms with Gasteiger partial charge in [-0.3, -0.25) is 14.1 Å². The lowest BCUT2D eigenvalue weighted by molar-refractivity contribution is -0.886. The molecule has 0 saturated carbocycles. The molecule has 0 fully saturated rings. The third-order valence-corrected chi connectivity index (χ3v) is 8.05. The molecule has 3 unspecified atom stereocenters. The molecule has 3 atom stereocenters. The Morgan fingerprint density at radius 1 is 0.600 bits per heavy atom. The summed E-state index contributed by atoms with van der Waals surface area (Å²) in [5, 5.41) is 30.5. The normalized spacial score (nSPS) is 15.5. The van der Waals surface area contributed by atoms with Crippen LogP contribution in [-0.2, 0) is 14.4 Å². The van der Waals surface area contributed by atoms with Gasteiger partial charge in [0.2, 0.25) is 0 Å². The summed E-state index contributed by atoms with van der Waals surface area (Å²) in [6, 6.07) is 0. The molecule has 7 nitrogen and oxygen atoms in total. The summed E-state index contributed by atoms with van der Waals surface area (Å²) in [6.45, 7) is 7.33. The zero-order chi connectivity index (χ0) is 30.2. The molecule has 0 heterocycles. The SMILES string of the molecule is CCCCCCCCCCCCCCCCCCC/C=C/[N+](CC(C)C(=O)[O-])(CC(C)C(=O)O)CC(C)C(=O)O. The van der Waals surface area contributed by atoms with E-state index in [0.29, 0.717) is 0 Å². The van der Waals surface area contributed by atoms with E-state index in [1.807, 2.05) is 12.3 Å². The minimum Gasteiger partial charge on any atom is -0.550 e. The number of carboxylic acid groups (broad SMARTS) is 3. The monoisotopic (exact) mass is 567 g/mol. The van der Waals surface area contributed by atoms with E-state index in [0.717, 1.165) is 19.3 Å². The molecule has 0 aromatic rings. The van der Waals surface area contributed by atoms with E-state index in [2.05, 4.69) is 6.92 Å². The van der Waals surface area contributed by atoms with Crippen LogP contribution in [0.5, 0.6) is 0 Å². The van der Waals surface area contributed by atoms with Crippen LogP contribution in [0.3, 0.4) is 0 Å². The maximum Gasteiger partial charge on any atom is 0.311 e. The quantitative estimate of drug-likeness (QED) is 0.0764. The summed E-state index contributed by atoms with van der Waals surface area (Å²) in [5.41, 5.74) is 0. The van der Waals surface area contributed by atoms with Crippen LogP contribution in [-0.4, -0.2) is 52.2 Å². The minimum absolute atomic E-state index is 0.00897. The number of carboxylic acids is 3. The topological polar surface area (TPSA) is 115 Å². The van der Waals surface area contributed by atoms with Crippen molar-refractivity contribution in [3.63, 3.8) is 0 Å². The number of rotatable bonds is 28. The average molecular weight is 568 g/mol. The lowest BCUT2D eigenvalue weighted by atomic mass is 10.0. The second kappa shape index (κ2) is 23.8. The van der Waals surface area contributed by atoms with Crippen LogP contribution in [0.2, 0.25) is 0 Å². The molecule has 0 aliphatic rings. The molecule has 0 radical (unpaired) electrons. The van der Waals surface area contributed by atoms with Crippen molar-refractivity contribution in [2.75, 3.05) is 19.6 Å². The van der Waals surface area contributed by atoms with Crippen molar-refractivity contribution in [2.45, 2.75) is 143 Å². The Morgan fingerprint density at radius 3 is 1.25 bits per heavy atom. The highest BCUT2D eigenvalue weighted by atomic mass is 16.4. The lowest BCUT2D eigenvalue weighted by Crippen LogP contribution is -2.54. The van der Waals surface area contributed by atoms with Crippen LogP contribution in [0.4, 0.5) is 0 Å². The van der Waals surface area contributed by atoms with Gasteiger partial charge >= 0.3 is 11.9 Å². The molecular weight excluding hydrogens is 506 g/mol. The van der Waals surface area contributed by atoms with Crippen molar-refractivity contribution in [1.82, 2.24) is 0 Å². The molecule has 0 aliphatic heterocycles. The molecule has 0 aromatic carbocycles. The number of quaternary nitrogens is 1. The van der Waals surface area contributed by atoms with E-state index in [1.54, 1.807) is 13.8 Å². The van der Waals surface area contributed by atoms with E-state index in [1.165, 1.54) is 103 Å². The van der Waals surface area contributed by atoms with Gasteiger partial charge in [-0.15, -0.1) is 0 Å². The highest BCUT2D eigenvalue weighted by Gasteiger charge is 2.35. The Bertz CT molecular complexity index is 652. The van der Waals surface area contributed by atoms with E-state index in [-0.39, 0.29) is 24.1 Å². The smallest absolute Gasteiger partial charge is 0.311 e. The van der Waals surface area contributed by atoms with Gasteiger partial charge < -0.3 is 20.1 Å². The number of nitrogens with zero attached hydrogens (tertiary/aromatic N) is 1. The molecule has 2 N–H and O–H groups in total. The van der Waals surface area contributed by atoms with Gasteiger partial charge in [0.25, 0.3) is 0 Å². The Morgan fingerprint density at radius 2 is 0.925 bits per heavy atom. The van der Waals surface area contributed by atoms with Crippen LogP contribution < -0.4 is 5.11 Å². The fourth-order valence-corrected chi connectivity index (χ4v) is 5.56. The van der Waals surface area contributed by atoms with Gasteiger partial charge in [-0.05, 0) is 32.8 Å². The molecule has 40 heavy (non-hydrogen) atoms. The maximum atomic E-state index is 11.6. The number of hydrogen-bond donors (Lipinski definition) is 2. The summed E-state index contributed by atoms with van der Waals surface area (Å²) in [6.07, 6.45) is 27.0. The van der Waals surface area contributed by atoms with Crippen LogP contribution in [0.1, 0.15) is 143 Å². The lowest BCUT2D eigenvalue weighted by Gasteiger charge is -2.39. The van der Waals surface area contributed by atoms with Crippen molar-refractivity contribution in [1.29, 1.82) is 0 Å². The standard InChI is InChI=1S/C33H61NO6/c1-5-6-7-8-9-10-11-12-13-14-15-16-17-18-19-20-21-22-23-24-34(25-28(2)31(35)36,26-29(3)32(37)38)27-30(4)33(39)40/h23-24,28-30H,5-22,25-27H2,1-4H3,(H2-,35,36,37,38,39,40)/b24-23+. The molecule has 0 amide bonds. The van der Waals surface area contributed by atoms with E-state index >= 15 is 0 Å². The summed E-state index contributed by atoms with van der Waals surface area (Å²) >= 11 is 0. The predicted octanol–water partition coefficient (Wildman–Crippen LogP) is 7.19. The van der Waals surface area contributed by atoms with Gasteiger partial charge in [0.05, 0.1) is 25.8 Å². The van der Waals surface area contributed by atoms with Crippen LogP contribution in [0, 0.1) is 17.8 Å². The summed E-state index contributed by atoms with van der Waals surface area (Å²) < 4.78 is 0.00897. The molecule has 7 heteroatoms. The van der Waals surface area contributed by atoms with Crippen LogP contribution >= 0.6 is 0 Å². The van der Waals surface area contributed by atoms with E-state index < -0.39 is 35.7 Å². The number of hydrogen-bond acceptors (Lipinski definition) is 4. The largest absolute Gasteiger partial charge is 0.550 e. The van der Waals surface area contributed by atoms with Gasteiger partial charge in [0, 0.05) is 11.9 Å². The van der Waals surface area contributed by atoms with Crippen LogP contribution in [0.25, 0.3) is 0 Å². The summed E-state index contributed by atoms with van der Waals surface area (Å²) in [5.74, 6) is -5.47. The highest BCUT2D eigenvalue weighted by molar-refractivity contribution is 5.70. The number of aliphatic carboxylic acids is 3. The number of carbonyl (C=O) groups is 3. The fraction of sp³-hybridized carbons (Fsp3) is 0.848. The third kappa shape index (κ3) is 20.1. The van der Waals surface area contributed by atoms with E-state index in [4.69, 9.17) is 0 Å². The first-order chi connectivity index (χ1) is 19.0. The van der Waals surface area contributed by atoms with Gasteiger partial charge in [-0.25, -0.2) is 0 Å². The highest BCUT2D eigenvalue weighted by Crippen LogP contribution is 2.22. The molecule has 0 bridgehead atoms. The van der Waals surface area contributed by atoms with Crippen molar-refractivity contribution in [2.24, 2.45) is 17.8 Å². The van der Waals surface area contributed by atoms with Gasteiger partial charge in [-0.2, -0.15) is 0 Å². The molecule has 0 saturated heterocycles.